The Bertz CT molecular complexity index is 563. The lowest BCUT2D eigenvalue weighted by Gasteiger charge is -2.07. The fourth-order valence-corrected chi connectivity index (χ4v) is 1.83. The second-order valence-electron chi connectivity index (χ2n) is 4.05. The number of ether oxygens (including phenoxy) is 1. The molecule has 0 saturated heterocycles. The molecule has 2 aromatic rings. The zero-order valence-electron chi connectivity index (χ0n) is 10.6. The van der Waals surface area contributed by atoms with Gasteiger partial charge in [-0.05, 0) is 24.6 Å². The van der Waals surface area contributed by atoms with Crippen LogP contribution < -0.4 is 4.74 Å². The first-order chi connectivity index (χ1) is 9.20. The van der Waals surface area contributed by atoms with Crippen molar-refractivity contribution in [3.8, 4) is 17.0 Å². The Kier molecular flexibility index (Phi) is 4.68. The van der Waals surface area contributed by atoms with Crippen LogP contribution in [0.1, 0.15) is 19.8 Å². The van der Waals surface area contributed by atoms with Crippen molar-refractivity contribution in [2.45, 2.75) is 19.8 Å². The summed E-state index contributed by atoms with van der Waals surface area (Å²) in [6.45, 7) is 2.76. The van der Waals surface area contributed by atoms with Crippen molar-refractivity contribution in [1.29, 1.82) is 0 Å². The molecule has 5 heteroatoms. The van der Waals surface area contributed by atoms with E-state index in [0.29, 0.717) is 17.9 Å². The zero-order valence-corrected chi connectivity index (χ0v) is 11.3. The van der Waals surface area contributed by atoms with E-state index < -0.39 is 5.95 Å². The summed E-state index contributed by atoms with van der Waals surface area (Å²) in [6, 6.07) is 6.37. The van der Waals surface area contributed by atoms with E-state index in [1.165, 1.54) is 6.07 Å². The molecule has 0 aliphatic carbocycles. The van der Waals surface area contributed by atoms with E-state index in [-0.39, 0.29) is 5.15 Å². The zero-order chi connectivity index (χ0) is 13.7. The predicted octanol–water partition coefficient (Wildman–Crippen LogP) is 4.12. The summed E-state index contributed by atoms with van der Waals surface area (Å²) < 4.78 is 18.5. The summed E-state index contributed by atoms with van der Waals surface area (Å²) in [5, 5.41) is 0.0956. The lowest BCUT2D eigenvalue weighted by atomic mass is 10.2. The molecule has 0 unspecified atom stereocenters. The SMILES string of the molecule is CCCCOc1ccnc(-c2ccc(F)nc2Cl)c1. The summed E-state index contributed by atoms with van der Waals surface area (Å²) in [5.41, 5.74) is 1.20. The van der Waals surface area contributed by atoms with Gasteiger partial charge in [-0.2, -0.15) is 4.39 Å². The van der Waals surface area contributed by atoms with E-state index in [1.807, 2.05) is 0 Å². The fraction of sp³-hybridized carbons (Fsp3) is 0.286. The van der Waals surface area contributed by atoms with Gasteiger partial charge < -0.3 is 4.74 Å². The van der Waals surface area contributed by atoms with Gasteiger partial charge >= 0.3 is 0 Å². The van der Waals surface area contributed by atoms with Gasteiger partial charge in [-0.25, -0.2) is 4.98 Å². The molecule has 0 aliphatic heterocycles. The third-order valence-electron chi connectivity index (χ3n) is 2.59. The molecule has 0 radical (unpaired) electrons. The number of aromatic nitrogens is 2. The average molecular weight is 281 g/mol. The maximum Gasteiger partial charge on any atom is 0.214 e. The van der Waals surface area contributed by atoms with Gasteiger partial charge in [0.2, 0.25) is 5.95 Å². The van der Waals surface area contributed by atoms with Crippen molar-refractivity contribution in [3.05, 3.63) is 41.6 Å². The van der Waals surface area contributed by atoms with Crippen LogP contribution in [-0.4, -0.2) is 16.6 Å². The minimum absolute atomic E-state index is 0.0956. The molecule has 0 fully saturated rings. The minimum atomic E-state index is -0.607. The standard InChI is InChI=1S/C14H14ClFN2O/c1-2-3-8-19-10-6-7-17-12(9-10)11-4-5-13(16)18-14(11)15/h4-7,9H,2-3,8H2,1H3. The van der Waals surface area contributed by atoms with Crippen molar-refractivity contribution in [2.24, 2.45) is 0 Å². The maximum absolute atomic E-state index is 12.9. The van der Waals surface area contributed by atoms with Crippen molar-refractivity contribution < 1.29 is 9.13 Å². The molecule has 3 nitrogen and oxygen atoms in total. The van der Waals surface area contributed by atoms with Crippen LogP contribution in [0.5, 0.6) is 5.75 Å². The first-order valence-corrected chi connectivity index (χ1v) is 6.49. The first-order valence-electron chi connectivity index (χ1n) is 6.12. The van der Waals surface area contributed by atoms with E-state index in [4.69, 9.17) is 16.3 Å². The van der Waals surface area contributed by atoms with Gasteiger partial charge in [0, 0.05) is 17.8 Å². The van der Waals surface area contributed by atoms with Crippen LogP contribution in [0, 0.1) is 5.95 Å². The molecule has 0 bridgehead atoms. The third-order valence-corrected chi connectivity index (χ3v) is 2.88. The van der Waals surface area contributed by atoms with Crippen LogP contribution in [-0.2, 0) is 0 Å². The summed E-state index contributed by atoms with van der Waals surface area (Å²) in [7, 11) is 0. The number of pyridine rings is 2. The molecule has 2 aromatic heterocycles. The summed E-state index contributed by atoms with van der Waals surface area (Å²) in [5.74, 6) is 0.114. The Morgan fingerprint density at radius 2 is 2.16 bits per heavy atom. The monoisotopic (exact) mass is 280 g/mol. The average Bonchev–Trinajstić information content (AvgIpc) is 2.39. The van der Waals surface area contributed by atoms with Gasteiger partial charge in [0.25, 0.3) is 0 Å². The van der Waals surface area contributed by atoms with Crippen LogP contribution in [0.4, 0.5) is 4.39 Å². The van der Waals surface area contributed by atoms with Crippen LogP contribution >= 0.6 is 11.6 Å². The van der Waals surface area contributed by atoms with Gasteiger partial charge in [0.05, 0.1) is 12.3 Å². The van der Waals surface area contributed by atoms with Gasteiger partial charge in [0.1, 0.15) is 10.9 Å². The van der Waals surface area contributed by atoms with Gasteiger partial charge in [-0.3, -0.25) is 4.98 Å². The van der Waals surface area contributed by atoms with Gasteiger partial charge in [-0.15, -0.1) is 0 Å². The molecular weight excluding hydrogens is 267 g/mol. The molecule has 0 spiro atoms. The second kappa shape index (κ2) is 6.48. The molecule has 2 rings (SSSR count). The minimum Gasteiger partial charge on any atom is -0.493 e. The van der Waals surface area contributed by atoms with Crippen molar-refractivity contribution >= 4 is 11.6 Å². The summed E-state index contributed by atoms with van der Waals surface area (Å²) in [4.78, 5) is 7.77. The normalized spacial score (nSPS) is 10.5. The molecule has 100 valence electrons. The number of hydrogen-bond donors (Lipinski definition) is 0. The Morgan fingerprint density at radius 1 is 1.32 bits per heavy atom. The Labute approximate surface area is 116 Å². The molecular formula is C14H14ClFN2O. The first kappa shape index (κ1) is 13.7. The molecule has 0 N–H and O–H groups in total. The van der Waals surface area contributed by atoms with Crippen molar-refractivity contribution in [1.82, 2.24) is 9.97 Å². The van der Waals surface area contributed by atoms with Crippen molar-refractivity contribution in [2.75, 3.05) is 6.61 Å². The molecule has 0 amide bonds. The molecule has 0 aromatic carbocycles. The summed E-state index contributed by atoms with van der Waals surface area (Å²) in [6.07, 6.45) is 3.71. The Morgan fingerprint density at radius 3 is 2.89 bits per heavy atom. The van der Waals surface area contributed by atoms with E-state index in [1.54, 1.807) is 24.4 Å². The highest BCUT2D eigenvalue weighted by molar-refractivity contribution is 6.32. The van der Waals surface area contributed by atoms with Crippen LogP contribution in [0.2, 0.25) is 5.15 Å². The number of halogens is 2. The maximum atomic E-state index is 12.9. The van der Waals surface area contributed by atoms with Crippen molar-refractivity contribution in [3.63, 3.8) is 0 Å². The topological polar surface area (TPSA) is 35.0 Å². The van der Waals surface area contributed by atoms with E-state index >= 15 is 0 Å². The predicted molar refractivity (Wildman–Crippen MR) is 72.8 cm³/mol. The number of unbranched alkanes of at least 4 members (excludes halogenated alkanes) is 1. The van der Waals surface area contributed by atoms with Gasteiger partial charge in [0.15, 0.2) is 0 Å². The van der Waals surface area contributed by atoms with E-state index in [9.17, 15) is 4.39 Å². The highest BCUT2D eigenvalue weighted by Crippen LogP contribution is 2.27. The van der Waals surface area contributed by atoms with Crippen LogP contribution in [0.3, 0.4) is 0 Å². The third kappa shape index (κ3) is 3.64. The molecule has 0 saturated carbocycles. The Hall–Kier alpha value is -1.68. The fourth-order valence-electron chi connectivity index (χ4n) is 1.59. The second-order valence-corrected chi connectivity index (χ2v) is 4.41. The van der Waals surface area contributed by atoms with Crippen LogP contribution in [0.15, 0.2) is 30.5 Å². The largest absolute Gasteiger partial charge is 0.493 e. The van der Waals surface area contributed by atoms with E-state index in [2.05, 4.69) is 16.9 Å². The highest BCUT2D eigenvalue weighted by atomic mass is 35.5. The van der Waals surface area contributed by atoms with Crippen LogP contribution in [0.25, 0.3) is 11.3 Å². The number of rotatable bonds is 5. The highest BCUT2D eigenvalue weighted by Gasteiger charge is 2.08. The Balaban J connectivity index is 2.22. The quantitative estimate of drug-likeness (QED) is 0.610. The molecule has 2 heterocycles. The lowest BCUT2D eigenvalue weighted by molar-refractivity contribution is 0.309. The summed E-state index contributed by atoms with van der Waals surface area (Å²) >= 11 is 5.91. The molecule has 0 atom stereocenters. The number of nitrogens with zero attached hydrogens (tertiary/aromatic N) is 2. The molecule has 19 heavy (non-hydrogen) atoms. The smallest absolute Gasteiger partial charge is 0.214 e. The molecule has 0 aliphatic rings. The van der Waals surface area contributed by atoms with E-state index in [0.717, 1.165) is 18.6 Å². The number of hydrogen-bond acceptors (Lipinski definition) is 3. The lowest BCUT2D eigenvalue weighted by Crippen LogP contribution is -1.97. The van der Waals surface area contributed by atoms with Gasteiger partial charge in [-0.1, -0.05) is 24.9 Å².